The minimum atomic E-state index is -0.405. The number of benzene rings is 7. The van der Waals surface area contributed by atoms with Crippen LogP contribution >= 0.6 is 0 Å². The standard InChI is InChI=1S/C43H31N/c1-4-15-32(16-5-1)33-17-14-22-38(31-33)44(36-20-8-3-9-21-36)37-29-27-35(28-30-37)43(34-18-6-2-7-19-34)41-25-12-10-23-39(41)40-24-11-13-26-42(40)43/h1-31H. The zero-order valence-electron chi connectivity index (χ0n) is 24.3. The molecule has 8 rings (SSSR count). The van der Waals surface area contributed by atoms with Gasteiger partial charge in [-0.05, 0) is 80.9 Å². The van der Waals surface area contributed by atoms with Gasteiger partial charge in [0.2, 0.25) is 0 Å². The third kappa shape index (κ3) is 4.17. The average Bonchev–Trinajstić information content (AvgIpc) is 3.41. The van der Waals surface area contributed by atoms with Crippen LogP contribution in [0.25, 0.3) is 22.3 Å². The minimum Gasteiger partial charge on any atom is -0.310 e. The van der Waals surface area contributed by atoms with Crippen molar-refractivity contribution in [3.63, 3.8) is 0 Å². The SMILES string of the molecule is c1ccc(-c2cccc(N(c3ccccc3)c3ccc(C4(c5ccccc5)c5ccccc5-c5ccccc54)cc3)c2)cc1. The fraction of sp³-hybridized carbons (Fsp3) is 0.0233. The molecule has 0 heterocycles. The molecule has 0 saturated carbocycles. The van der Waals surface area contributed by atoms with Gasteiger partial charge in [-0.25, -0.2) is 0 Å². The number of hydrogen-bond donors (Lipinski definition) is 0. The predicted octanol–water partition coefficient (Wildman–Crippen LogP) is 11.2. The maximum absolute atomic E-state index is 2.35. The van der Waals surface area contributed by atoms with Gasteiger partial charge in [-0.1, -0.05) is 152 Å². The number of rotatable bonds is 6. The van der Waals surface area contributed by atoms with Crippen LogP contribution in [0.15, 0.2) is 188 Å². The van der Waals surface area contributed by atoms with Crippen LogP contribution in [-0.2, 0) is 5.41 Å². The molecule has 0 saturated heterocycles. The molecule has 0 unspecified atom stereocenters. The van der Waals surface area contributed by atoms with Gasteiger partial charge in [0.25, 0.3) is 0 Å². The number of anilines is 3. The molecular formula is C43H31N. The molecule has 0 N–H and O–H groups in total. The van der Waals surface area contributed by atoms with Gasteiger partial charge in [0.05, 0.1) is 5.41 Å². The quantitative estimate of drug-likeness (QED) is 0.195. The normalized spacial score (nSPS) is 12.7. The second kappa shape index (κ2) is 10.9. The molecule has 0 bridgehead atoms. The van der Waals surface area contributed by atoms with E-state index in [1.807, 2.05) is 0 Å². The largest absolute Gasteiger partial charge is 0.310 e. The van der Waals surface area contributed by atoms with Crippen LogP contribution in [0.4, 0.5) is 17.1 Å². The highest BCUT2D eigenvalue weighted by molar-refractivity contribution is 5.87. The first-order valence-corrected chi connectivity index (χ1v) is 15.2. The number of nitrogens with zero attached hydrogens (tertiary/aromatic N) is 1. The zero-order valence-corrected chi connectivity index (χ0v) is 24.3. The lowest BCUT2D eigenvalue weighted by atomic mass is 9.68. The lowest BCUT2D eigenvalue weighted by Gasteiger charge is -2.34. The summed E-state index contributed by atoms with van der Waals surface area (Å²) in [4.78, 5) is 2.35. The number of para-hydroxylation sites is 1. The zero-order chi connectivity index (χ0) is 29.3. The highest BCUT2D eigenvalue weighted by atomic mass is 15.1. The first-order chi connectivity index (χ1) is 21.8. The van der Waals surface area contributed by atoms with Gasteiger partial charge in [-0.15, -0.1) is 0 Å². The van der Waals surface area contributed by atoms with Crippen molar-refractivity contribution in [2.75, 3.05) is 4.90 Å². The van der Waals surface area contributed by atoms with Crippen LogP contribution in [0.1, 0.15) is 22.3 Å². The number of fused-ring (bicyclic) bond motifs is 3. The first kappa shape index (κ1) is 26.0. The summed E-state index contributed by atoms with van der Waals surface area (Å²) in [5, 5.41) is 0. The van der Waals surface area contributed by atoms with E-state index < -0.39 is 5.41 Å². The van der Waals surface area contributed by atoms with E-state index >= 15 is 0 Å². The van der Waals surface area contributed by atoms with Crippen molar-refractivity contribution in [1.82, 2.24) is 0 Å². The molecule has 0 amide bonds. The van der Waals surface area contributed by atoms with Crippen molar-refractivity contribution < 1.29 is 0 Å². The molecule has 0 aromatic heterocycles. The Bertz CT molecular complexity index is 2000. The topological polar surface area (TPSA) is 3.24 Å². The summed E-state index contributed by atoms with van der Waals surface area (Å²) in [7, 11) is 0. The first-order valence-electron chi connectivity index (χ1n) is 15.2. The minimum absolute atomic E-state index is 0.405. The second-order valence-corrected chi connectivity index (χ2v) is 11.3. The van der Waals surface area contributed by atoms with Crippen molar-refractivity contribution >= 4 is 17.1 Å². The molecular weight excluding hydrogens is 530 g/mol. The van der Waals surface area contributed by atoms with E-state index in [-0.39, 0.29) is 0 Å². The third-order valence-electron chi connectivity index (χ3n) is 8.94. The Balaban J connectivity index is 1.31. The molecule has 0 aliphatic heterocycles. The maximum atomic E-state index is 2.35. The van der Waals surface area contributed by atoms with E-state index in [0.717, 1.165) is 17.1 Å². The summed E-state index contributed by atoms with van der Waals surface area (Å²) in [6.07, 6.45) is 0. The van der Waals surface area contributed by atoms with Crippen molar-refractivity contribution in [1.29, 1.82) is 0 Å². The Hall–Kier alpha value is -5.66. The van der Waals surface area contributed by atoms with Crippen LogP contribution in [0, 0.1) is 0 Å². The second-order valence-electron chi connectivity index (χ2n) is 11.3. The van der Waals surface area contributed by atoms with E-state index in [2.05, 4.69) is 193 Å². The molecule has 1 aliphatic rings. The average molecular weight is 562 g/mol. The summed E-state index contributed by atoms with van der Waals surface area (Å²) in [6.45, 7) is 0. The Labute approximate surface area is 259 Å². The molecule has 1 aliphatic carbocycles. The number of hydrogen-bond acceptors (Lipinski definition) is 1. The summed E-state index contributed by atoms with van der Waals surface area (Å²) in [6, 6.07) is 68.1. The summed E-state index contributed by atoms with van der Waals surface area (Å²) in [5.74, 6) is 0. The summed E-state index contributed by atoms with van der Waals surface area (Å²) < 4.78 is 0. The molecule has 208 valence electrons. The molecule has 1 heteroatoms. The predicted molar refractivity (Wildman–Crippen MR) is 184 cm³/mol. The summed E-state index contributed by atoms with van der Waals surface area (Å²) in [5.41, 5.74) is 13.2. The van der Waals surface area contributed by atoms with Gasteiger partial charge < -0.3 is 4.90 Å². The van der Waals surface area contributed by atoms with Crippen molar-refractivity contribution in [2.45, 2.75) is 5.41 Å². The highest BCUT2D eigenvalue weighted by Gasteiger charge is 2.45. The smallest absolute Gasteiger partial charge is 0.0713 e. The Kier molecular flexibility index (Phi) is 6.43. The molecule has 7 aromatic carbocycles. The third-order valence-corrected chi connectivity index (χ3v) is 8.94. The Morgan fingerprint density at radius 3 is 1.41 bits per heavy atom. The van der Waals surface area contributed by atoms with Crippen LogP contribution in [0.2, 0.25) is 0 Å². The van der Waals surface area contributed by atoms with Crippen molar-refractivity contribution in [3.8, 4) is 22.3 Å². The summed E-state index contributed by atoms with van der Waals surface area (Å²) >= 11 is 0. The Morgan fingerprint density at radius 1 is 0.318 bits per heavy atom. The van der Waals surface area contributed by atoms with Gasteiger partial charge in [0.1, 0.15) is 0 Å². The monoisotopic (exact) mass is 561 g/mol. The molecule has 0 radical (unpaired) electrons. The molecule has 0 fully saturated rings. The fourth-order valence-electron chi connectivity index (χ4n) is 7.05. The fourth-order valence-corrected chi connectivity index (χ4v) is 7.05. The van der Waals surface area contributed by atoms with E-state index in [0.29, 0.717) is 0 Å². The molecule has 0 atom stereocenters. The molecule has 7 aromatic rings. The van der Waals surface area contributed by atoms with Gasteiger partial charge in [-0.3, -0.25) is 0 Å². The van der Waals surface area contributed by atoms with Gasteiger partial charge >= 0.3 is 0 Å². The highest BCUT2D eigenvalue weighted by Crippen LogP contribution is 2.56. The van der Waals surface area contributed by atoms with Crippen molar-refractivity contribution in [2.24, 2.45) is 0 Å². The van der Waals surface area contributed by atoms with E-state index in [9.17, 15) is 0 Å². The van der Waals surface area contributed by atoms with Crippen molar-refractivity contribution in [3.05, 3.63) is 210 Å². The lowest BCUT2D eigenvalue weighted by molar-refractivity contribution is 0.768. The van der Waals surface area contributed by atoms with Gasteiger partial charge in [0, 0.05) is 17.1 Å². The van der Waals surface area contributed by atoms with Crippen LogP contribution in [0.5, 0.6) is 0 Å². The van der Waals surface area contributed by atoms with Crippen LogP contribution in [-0.4, -0.2) is 0 Å². The van der Waals surface area contributed by atoms with Crippen LogP contribution < -0.4 is 4.90 Å². The Morgan fingerprint density at radius 2 is 0.773 bits per heavy atom. The van der Waals surface area contributed by atoms with E-state index in [1.165, 1.54) is 44.5 Å². The molecule has 0 spiro atoms. The maximum Gasteiger partial charge on any atom is 0.0713 e. The van der Waals surface area contributed by atoms with E-state index in [4.69, 9.17) is 0 Å². The van der Waals surface area contributed by atoms with Gasteiger partial charge in [0.15, 0.2) is 0 Å². The van der Waals surface area contributed by atoms with Gasteiger partial charge in [-0.2, -0.15) is 0 Å². The molecule has 44 heavy (non-hydrogen) atoms. The molecule has 1 nitrogen and oxygen atoms in total. The van der Waals surface area contributed by atoms with Crippen LogP contribution in [0.3, 0.4) is 0 Å². The van der Waals surface area contributed by atoms with E-state index in [1.54, 1.807) is 0 Å². The lowest BCUT2D eigenvalue weighted by Crippen LogP contribution is -2.28.